The van der Waals surface area contributed by atoms with E-state index < -0.39 is 42.9 Å². The van der Waals surface area contributed by atoms with E-state index >= 15 is 0 Å². The number of hydrogen-bond acceptors (Lipinski definition) is 12. The third-order valence-corrected chi connectivity index (χ3v) is 16.7. The number of aromatic amines is 1. The molecule has 4 heterocycles. The second-order valence-corrected chi connectivity index (χ2v) is 21.8. The first kappa shape index (κ1) is 46.0. The van der Waals surface area contributed by atoms with Crippen LogP contribution in [0.1, 0.15) is 118 Å². The Morgan fingerprint density at radius 3 is 2.44 bits per heavy atom. The number of halogens is 1. The second-order valence-electron chi connectivity index (χ2n) is 20.1. The molecule has 2 aromatic heterocycles. The molecule has 0 radical (unpaired) electrons. The smallest absolute Gasteiger partial charge is 0.293 e. The van der Waals surface area contributed by atoms with E-state index in [0.29, 0.717) is 31.3 Å². The summed E-state index contributed by atoms with van der Waals surface area (Å²) in [4.78, 5) is 37.4. The van der Waals surface area contributed by atoms with Crippen molar-refractivity contribution in [3.63, 3.8) is 0 Å². The Kier molecular flexibility index (Phi) is 12.4. The molecule has 2 aliphatic heterocycles. The van der Waals surface area contributed by atoms with Gasteiger partial charge in [-0.3, -0.25) is 19.8 Å². The Hall–Kier alpha value is -5.78. The number of benzene rings is 3. The lowest BCUT2D eigenvalue weighted by atomic mass is 9.70. The molecule has 0 bridgehead atoms. The predicted octanol–water partition coefficient (Wildman–Crippen LogP) is 9.39. The van der Waals surface area contributed by atoms with Crippen molar-refractivity contribution >= 4 is 44.0 Å². The maximum atomic E-state index is 14.9. The van der Waals surface area contributed by atoms with E-state index in [9.17, 15) is 32.8 Å². The summed E-state index contributed by atoms with van der Waals surface area (Å²) < 4.78 is 56.9. The largest absolute Gasteiger partial charge is 0.475 e. The van der Waals surface area contributed by atoms with Crippen LogP contribution in [-0.4, -0.2) is 90.2 Å². The number of nitrogens with one attached hydrogen (secondary N) is 3. The number of fused-ring (bicyclic) bond motifs is 1. The Balaban J connectivity index is 0.869. The summed E-state index contributed by atoms with van der Waals surface area (Å²) in [5, 5.41) is 25.8. The van der Waals surface area contributed by atoms with Crippen molar-refractivity contribution < 1.29 is 37.1 Å². The van der Waals surface area contributed by atoms with Gasteiger partial charge in [0.05, 0.1) is 33.0 Å². The van der Waals surface area contributed by atoms with Crippen molar-refractivity contribution in [1.29, 1.82) is 0 Å². The summed E-state index contributed by atoms with van der Waals surface area (Å²) in [6.45, 7) is 7.87. The van der Waals surface area contributed by atoms with Crippen LogP contribution in [0.5, 0.6) is 17.4 Å². The Labute approximate surface area is 396 Å². The zero-order chi connectivity index (χ0) is 47.4. The number of H-pyrrole nitrogens is 1. The molecule has 10 rings (SSSR count). The first-order chi connectivity index (χ1) is 32.7. The van der Waals surface area contributed by atoms with E-state index in [2.05, 4.69) is 54.1 Å². The first-order valence-electron chi connectivity index (χ1n) is 24.2. The Bertz CT molecular complexity index is 2820. The van der Waals surface area contributed by atoms with E-state index in [4.69, 9.17) is 9.47 Å². The number of nitro benzene ring substituents is 1. The zero-order valence-electron chi connectivity index (χ0n) is 38.6. The quantitative estimate of drug-likeness (QED) is 0.0575. The lowest BCUT2D eigenvalue weighted by Gasteiger charge is -2.57. The summed E-state index contributed by atoms with van der Waals surface area (Å²) in [6.07, 6.45) is 12.2. The van der Waals surface area contributed by atoms with Gasteiger partial charge in [-0.25, -0.2) is 17.5 Å². The van der Waals surface area contributed by atoms with Crippen LogP contribution in [-0.2, 0) is 10.0 Å². The summed E-state index contributed by atoms with van der Waals surface area (Å²) in [5.41, 5.74) is 3.16. The van der Waals surface area contributed by atoms with Gasteiger partial charge in [0.25, 0.3) is 27.5 Å². The van der Waals surface area contributed by atoms with Crippen LogP contribution in [0, 0.1) is 27.3 Å². The van der Waals surface area contributed by atoms with Crippen molar-refractivity contribution in [3.05, 3.63) is 106 Å². The molecule has 3 aromatic carbocycles. The van der Waals surface area contributed by atoms with Gasteiger partial charge in [0, 0.05) is 68.8 Å². The molecule has 0 unspecified atom stereocenters. The summed E-state index contributed by atoms with van der Waals surface area (Å²) in [7, 11) is -4.66. The van der Waals surface area contributed by atoms with Crippen LogP contribution in [0.2, 0.25) is 0 Å². The van der Waals surface area contributed by atoms with Crippen LogP contribution in [0.4, 0.5) is 21.5 Å². The number of aliphatic hydroxyl groups is 1. The van der Waals surface area contributed by atoms with Crippen LogP contribution >= 0.6 is 0 Å². The van der Waals surface area contributed by atoms with Gasteiger partial charge in [-0.15, -0.1) is 0 Å². The fraction of sp³-hybridized carbons (Fsp3) is 0.490. The molecule has 1 spiro atoms. The summed E-state index contributed by atoms with van der Waals surface area (Å²) in [6, 6.07) is 19.5. The molecule has 4 N–H and O–H groups in total. The zero-order valence-corrected chi connectivity index (χ0v) is 39.5. The molecule has 68 heavy (non-hydrogen) atoms. The maximum Gasteiger partial charge on any atom is 0.293 e. The normalized spacial score (nSPS) is 23.9. The number of amides is 1. The van der Waals surface area contributed by atoms with E-state index in [1.807, 2.05) is 0 Å². The number of carbonyl (C=O) groups is 1. The van der Waals surface area contributed by atoms with Crippen molar-refractivity contribution in [2.45, 2.75) is 113 Å². The minimum absolute atomic E-state index is 0.0151. The average Bonchev–Trinajstić information content (AvgIpc) is 3.95. The number of ether oxygens (including phenoxy) is 2. The van der Waals surface area contributed by atoms with Gasteiger partial charge >= 0.3 is 0 Å². The van der Waals surface area contributed by atoms with E-state index in [-0.39, 0.29) is 57.6 Å². The monoisotopic (exact) mass is 949 g/mol. The third-order valence-electron chi connectivity index (χ3n) is 15.4. The second kappa shape index (κ2) is 18.3. The molecule has 1 amide bonds. The van der Waals surface area contributed by atoms with Crippen LogP contribution in [0.25, 0.3) is 11.0 Å². The van der Waals surface area contributed by atoms with Gasteiger partial charge in [0.2, 0.25) is 0 Å². The van der Waals surface area contributed by atoms with Gasteiger partial charge in [-0.1, -0.05) is 30.7 Å². The molecular formula is C51H60FN7O8S. The van der Waals surface area contributed by atoms with Gasteiger partial charge in [0.1, 0.15) is 22.9 Å². The van der Waals surface area contributed by atoms with Crippen molar-refractivity contribution in [2.24, 2.45) is 11.3 Å². The molecule has 15 nitrogen and oxygen atoms in total. The van der Waals surface area contributed by atoms with Crippen LogP contribution < -0.4 is 24.4 Å². The molecule has 2 saturated heterocycles. The maximum absolute atomic E-state index is 14.9. The Morgan fingerprint density at radius 1 is 0.971 bits per heavy atom. The SMILES string of the molecule is CCOc1nc2[nH]cc(F)c2cc1Oc1cc(N2CCC3(CC2)CN([C@H]2CCC[C@H]2c2ccccc2C2CC2)C3)ccc1C(=O)NS(=O)(=O)c1ccc(NCC2CCC(C)(O)CC2)c([N+](=O)[O-])c1. The third kappa shape index (κ3) is 9.36. The molecule has 5 aliphatic rings. The van der Waals surface area contributed by atoms with Gasteiger partial charge < -0.3 is 29.8 Å². The Morgan fingerprint density at radius 2 is 1.72 bits per heavy atom. The van der Waals surface area contributed by atoms with Gasteiger partial charge in [-0.05, 0) is 137 Å². The number of carbonyl (C=O) groups excluding carboxylic acids is 1. The van der Waals surface area contributed by atoms with Crippen molar-refractivity contribution in [2.75, 3.05) is 49.5 Å². The number of hydrogen-bond donors (Lipinski definition) is 4. The molecular weight excluding hydrogens is 890 g/mol. The number of anilines is 2. The van der Waals surface area contributed by atoms with Crippen molar-refractivity contribution in [1.82, 2.24) is 19.6 Å². The highest BCUT2D eigenvalue weighted by Gasteiger charge is 2.50. The highest BCUT2D eigenvalue weighted by atomic mass is 32.2. The summed E-state index contributed by atoms with van der Waals surface area (Å²) in [5.74, 6) is -0.0790. The number of rotatable bonds is 15. The molecule has 3 saturated carbocycles. The molecule has 17 heteroatoms. The van der Waals surface area contributed by atoms with Crippen molar-refractivity contribution in [3.8, 4) is 17.4 Å². The fourth-order valence-corrected chi connectivity index (χ4v) is 12.3. The number of piperidine rings is 1. The standard InChI is InChI=1S/C51H60FN7O8S/c1-3-66-49-46(27-40-41(52)29-54-47(40)55-49)67-45-25-34(57-23-21-51(22-24-57)30-58(31-51)43-10-6-9-38(43)37-8-5-4-7-36(37)33-11-12-33)13-15-39(45)48(60)56-68(64,65)35-14-16-42(44(26-35)59(62)63)53-28-32-17-19-50(2,61)20-18-32/h4-5,7-8,13-16,25-27,29,32-33,38,43,53,61H,3,6,9-12,17-24,28,30-31H2,1-2H3,(H,54,55)(H,56,60)/t32?,38-,43-,50?/m0/s1. The number of likely N-dealkylation sites (tertiary alicyclic amines) is 1. The number of pyridine rings is 1. The molecule has 3 aliphatic carbocycles. The first-order valence-corrected chi connectivity index (χ1v) is 25.7. The molecule has 5 fully saturated rings. The van der Waals surface area contributed by atoms with E-state index in [1.165, 1.54) is 62.6 Å². The van der Waals surface area contributed by atoms with Gasteiger partial charge in [0.15, 0.2) is 5.75 Å². The number of aromatic nitrogens is 2. The lowest BCUT2D eigenvalue weighted by Crippen LogP contribution is -2.63. The van der Waals surface area contributed by atoms with E-state index in [1.54, 1.807) is 37.1 Å². The molecule has 2 atom stereocenters. The topological polar surface area (TPSA) is 192 Å². The minimum Gasteiger partial charge on any atom is -0.475 e. The fourth-order valence-electron chi connectivity index (χ4n) is 11.3. The van der Waals surface area contributed by atoms with E-state index in [0.717, 1.165) is 69.5 Å². The molecule has 5 aromatic rings. The van der Waals surface area contributed by atoms with Crippen LogP contribution in [0.15, 0.2) is 77.8 Å². The minimum atomic E-state index is -4.66. The average molecular weight is 950 g/mol. The predicted molar refractivity (Wildman–Crippen MR) is 257 cm³/mol. The lowest BCUT2D eigenvalue weighted by molar-refractivity contribution is -0.384. The highest BCUT2D eigenvalue weighted by molar-refractivity contribution is 7.90. The summed E-state index contributed by atoms with van der Waals surface area (Å²) >= 11 is 0. The van der Waals surface area contributed by atoms with Gasteiger partial charge in [-0.2, -0.15) is 4.98 Å². The molecule has 360 valence electrons. The van der Waals surface area contributed by atoms with Crippen LogP contribution in [0.3, 0.4) is 0 Å². The highest BCUT2D eigenvalue weighted by Crippen LogP contribution is 2.51. The number of nitro groups is 1. The number of sulfonamides is 1. The number of nitrogens with zero attached hydrogens (tertiary/aromatic N) is 4.